The molecule has 2 heterocycles. The van der Waals surface area contributed by atoms with Crippen molar-refractivity contribution < 1.29 is 0 Å². The van der Waals surface area contributed by atoms with Gasteiger partial charge in [0.2, 0.25) is 0 Å². The van der Waals surface area contributed by atoms with Crippen LogP contribution in [0.25, 0.3) is 55.5 Å². The average molecular weight is 711 g/mol. The number of pyridine rings is 1. The minimum Gasteiger partial charge on any atom is -0.252 e. The van der Waals surface area contributed by atoms with Crippen LogP contribution in [0.3, 0.4) is 0 Å². The van der Waals surface area contributed by atoms with Gasteiger partial charge in [-0.3, -0.25) is 4.99 Å². The highest BCUT2D eigenvalue weighted by molar-refractivity contribution is 6.12. The molecule has 2 unspecified atom stereocenters. The molecule has 0 radical (unpaired) electrons. The second-order valence-electron chi connectivity index (χ2n) is 15.1. The molecule has 1 aromatic heterocycles. The first-order valence-corrected chi connectivity index (χ1v) is 19.5. The molecule has 8 aromatic carbocycles. The fourth-order valence-electron chi connectivity index (χ4n) is 10.1. The van der Waals surface area contributed by atoms with Gasteiger partial charge in [-0.25, -0.2) is 4.98 Å². The molecule has 56 heavy (non-hydrogen) atoms. The van der Waals surface area contributed by atoms with E-state index in [9.17, 15) is 0 Å². The fourth-order valence-corrected chi connectivity index (χ4v) is 10.1. The predicted octanol–water partition coefficient (Wildman–Crippen LogP) is 13.2. The molecule has 0 bridgehead atoms. The Morgan fingerprint density at radius 2 is 0.982 bits per heavy atom. The number of aliphatic imine (C=N–C) groups is 1. The number of benzene rings is 8. The normalized spacial score (nSPS) is 16.9. The Labute approximate surface area is 326 Å². The number of aromatic nitrogens is 1. The first-order valence-electron chi connectivity index (χ1n) is 19.5. The van der Waals surface area contributed by atoms with Gasteiger partial charge >= 0.3 is 0 Å². The number of nitrogens with zero attached hydrogens (tertiary/aromatic N) is 2. The van der Waals surface area contributed by atoms with E-state index < -0.39 is 5.41 Å². The van der Waals surface area contributed by atoms with Gasteiger partial charge in [-0.05, 0) is 67.1 Å². The lowest BCUT2D eigenvalue weighted by Crippen LogP contribution is -2.26. The van der Waals surface area contributed by atoms with E-state index in [1.54, 1.807) is 0 Å². The molecule has 2 aliphatic carbocycles. The summed E-state index contributed by atoms with van der Waals surface area (Å²) < 4.78 is 0. The summed E-state index contributed by atoms with van der Waals surface area (Å²) in [5, 5.41) is 2.42. The predicted molar refractivity (Wildman–Crippen MR) is 230 cm³/mol. The third kappa shape index (κ3) is 4.21. The molecule has 0 saturated carbocycles. The van der Waals surface area contributed by atoms with Crippen LogP contribution in [0.5, 0.6) is 0 Å². The van der Waals surface area contributed by atoms with Crippen LogP contribution in [0.15, 0.2) is 205 Å². The van der Waals surface area contributed by atoms with Crippen LogP contribution >= 0.6 is 0 Å². The van der Waals surface area contributed by atoms with Crippen molar-refractivity contribution in [1.29, 1.82) is 0 Å². The van der Waals surface area contributed by atoms with E-state index in [-0.39, 0.29) is 5.92 Å². The van der Waals surface area contributed by atoms with Crippen LogP contribution in [0.2, 0.25) is 0 Å². The maximum atomic E-state index is 5.62. The van der Waals surface area contributed by atoms with Gasteiger partial charge in [0.05, 0.1) is 34.1 Å². The highest BCUT2D eigenvalue weighted by Crippen LogP contribution is 2.65. The van der Waals surface area contributed by atoms with Gasteiger partial charge in [0.25, 0.3) is 0 Å². The zero-order chi connectivity index (χ0) is 36.8. The largest absolute Gasteiger partial charge is 0.252 e. The summed E-state index contributed by atoms with van der Waals surface area (Å²) in [7, 11) is 0. The van der Waals surface area contributed by atoms with E-state index in [2.05, 4.69) is 200 Å². The van der Waals surface area contributed by atoms with Crippen LogP contribution in [-0.4, -0.2) is 10.7 Å². The molecule has 260 valence electrons. The first-order chi connectivity index (χ1) is 27.8. The number of fused-ring (bicyclic) bond motifs is 13. The Hall–Kier alpha value is -7.16. The third-order valence-electron chi connectivity index (χ3n) is 12.4. The van der Waals surface area contributed by atoms with E-state index in [1.165, 1.54) is 72.0 Å². The Bertz CT molecular complexity index is 3070. The van der Waals surface area contributed by atoms with Crippen molar-refractivity contribution in [1.82, 2.24) is 4.98 Å². The molecule has 0 amide bonds. The maximum absolute atomic E-state index is 5.62. The van der Waals surface area contributed by atoms with Crippen LogP contribution < -0.4 is 0 Å². The highest BCUT2D eigenvalue weighted by atomic mass is 14.8. The van der Waals surface area contributed by atoms with Gasteiger partial charge in [0.1, 0.15) is 0 Å². The summed E-state index contributed by atoms with van der Waals surface area (Å²) in [4.78, 5) is 10.8. The second-order valence-corrected chi connectivity index (χ2v) is 15.1. The topological polar surface area (TPSA) is 25.2 Å². The molecule has 1 aliphatic heterocycles. The molecule has 3 aliphatic rings. The van der Waals surface area contributed by atoms with E-state index in [4.69, 9.17) is 9.98 Å². The molecule has 0 saturated heterocycles. The minimum atomic E-state index is -0.525. The maximum Gasteiger partial charge on any atom is 0.0788 e. The molecule has 1 spiro atoms. The van der Waals surface area contributed by atoms with Crippen molar-refractivity contribution in [3.05, 3.63) is 239 Å². The first kappa shape index (κ1) is 31.2. The average Bonchev–Trinajstić information content (AvgIpc) is 3.91. The number of hydrogen-bond acceptors (Lipinski definition) is 2. The van der Waals surface area contributed by atoms with Gasteiger partial charge < -0.3 is 0 Å². The van der Waals surface area contributed by atoms with Gasteiger partial charge in [0, 0.05) is 22.1 Å². The van der Waals surface area contributed by atoms with Gasteiger partial charge in [-0.2, -0.15) is 0 Å². The standard InChI is InChI=1S/C54H34N2/c1-3-16-35(17-4-1)48-43-24-11-14-29-47(43)55-52(48)37-32-30-34(31-33-37)38-25-15-28-46-49(38)41-22-9-12-26-44(41)54(46)45-27-13-10-23-42(45)53-50(54)39-20-7-8-21-40(39)51(56-53)36-18-5-2-6-19-36/h1-33,48H. The molecule has 0 fully saturated rings. The van der Waals surface area contributed by atoms with Crippen molar-refractivity contribution in [2.24, 2.45) is 4.99 Å². The smallest absolute Gasteiger partial charge is 0.0788 e. The quantitative estimate of drug-likeness (QED) is 0.178. The zero-order valence-electron chi connectivity index (χ0n) is 30.5. The SMILES string of the molecule is c1ccc(-c2nc3c(c4ccccc24)C2(c4ccccc4-3)c3ccccc3-c3c(-c4ccc(C5=Nc6ccccc6C5c5ccccc5)cc4)cccc32)cc1. The number of rotatable bonds is 4. The summed E-state index contributed by atoms with van der Waals surface area (Å²) in [6, 6.07) is 73.0. The van der Waals surface area contributed by atoms with Crippen LogP contribution in [0.1, 0.15) is 44.9 Å². The molecular weight excluding hydrogens is 677 g/mol. The number of hydrogen-bond donors (Lipinski definition) is 0. The van der Waals surface area contributed by atoms with Gasteiger partial charge in [-0.15, -0.1) is 0 Å². The molecule has 2 nitrogen and oxygen atoms in total. The lowest BCUT2D eigenvalue weighted by molar-refractivity contribution is 0.800. The lowest BCUT2D eigenvalue weighted by atomic mass is 9.69. The van der Waals surface area contributed by atoms with Gasteiger partial charge in [-0.1, -0.05) is 194 Å². The van der Waals surface area contributed by atoms with Crippen molar-refractivity contribution in [3.8, 4) is 44.8 Å². The second kappa shape index (κ2) is 11.9. The summed E-state index contributed by atoms with van der Waals surface area (Å²) >= 11 is 0. The van der Waals surface area contributed by atoms with Crippen LogP contribution in [-0.2, 0) is 5.41 Å². The summed E-state index contributed by atoms with van der Waals surface area (Å²) in [6.45, 7) is 0. The summed E-state index contributed by atoms with van der Waals surface area (Å²) in [5.41, 5.74) is 19.9. The van der Waals surface area contributed by atoms with Crippen molar-refractivity contribution >= 4 is 22.2 Å². The molecule has 2 atom stereocenters. The molecule has 9 aromatic rings. The van der Waals surface area contributed by atoms with E-state index in [1.807, 2.05) is 0 Å². The third-order valence-corrected chi connectivity index (χ3v) is 12.4. The molecule has 12 rings (SSSR count). The minimum absolute atomic E-state index is 0.0966. The Morgan fingerprint density at radius 3 is 1.79 bits per heavy atom. The monoisotopic (exact) mass is 710 g/mol. The highest BCUT2D eigenvalue weighted by Gasteiger charge is 2.53. The van der Waals surface area contributed by atoms with Crippen LogP contribution in [0.4, 0.5) is 5.69 Å². The molecule has 2 heteroatoms. The van der Waals surface area contributed by atoms with Crippen LogP contribution in [0, 0.1) is 0 Å². The van der Waals surface area contributed by atoms with Crippen molar-refractivity contribution in [2.75, 3.05) is 0 Å². The Kier molecular flexibility index (Phi) is 6.64. The van der Waals surface area contributed by atoms with Crippen molar-refractivity contribution in [3.63, 3.8) is 0 Å². The summed E-state index contributed by atoms with van der Waals surface area (Å²) in [5.74, 6) is 0.0966. The van der Waals surface area contributed by atoms with E-state index in [0.29, 0.717) is 0 Å². The lowest BCUT2D eigenvalue weighted by Gasteiger charge is -2.31. The summed E-state index contributed by atoms with van der Waals surface area (Å²) in [6.07, 6.45) is 0. The fraction of sp³-hybridized carbons (Fsp3) is 0.0370. The van der Waals surface area contributed by atoms with Crippen molar-refractivity contribution in [2.45, 2.75) is 11.3 Å². The Balaban J connectivity index is 1.07. The number of para-hydroxylation sites is 1. The van der Waals surface area contributed by atoms with E-state index >= 15 is 0 Å². The molecule has 0 N–H and O–H groups in total. The Morgan fingerprint density at radius 1 is 0.393 bits per heavy atom. The van der Waals surface area contributed by atoms with Gasteiger partial charge in [0.15, 0.2) is 0 Å². The molecular formula is C54H34N2. The zero-order valence-corrected chi connectivity index (χ0v) is 30.5. The van der Waals surface area contributed by atoms with E-state index in [0.717, 1.165) is 33.9 Å².